The molecule has 1 aliphatic rings. The maximum atomic E-state index is 13.0. The molecule has 0 amide bonds. The molecule has 0 saturated carbocycles. The van der Waals surface area contributed by atoms with Crippen LogP contribution >= 0.6 is 11.3 Å². The number of hydrogen-bond donors (Lipinski definition) is 1. The van der Waals surface area contributed by atoms with Crippen LogP contribution in [-0.4, -0.2) is 21.0 Å². The van der Waals surface area contributed by atoms with E-state index in [1.807, 2.05) is 61.7 Å². The van der Waals surface area contributed by atoms with Crippen LogP contribution in [0.1, 0.15) is 21.7 Å². The van der Waals surface area contributed by atoms with E-state index < -0.39 is 0 Å². The number of H-pyrrole nitrogens is 1. The average molecular weight is 414 g/mol. The summed E-state index contributed by atoms with van der Waals surface area (Å²) in [5.74, 6) is 0. The lowest BCUT2D eigenvalue weighted by Crippen LogP contribution is -2.13. The highest BCUT2D eigenvalue weighted by molar-refractivity contribution is 7.14. The predicted octanol–water partition coefficient (Wildman–Crippen LogP) is 5.25. The van der Waals surface area contributed by atoms with Crippen molar-refractivity contribution in [2.75, 3.05) is 0 Å². The Hall–Kier alpha value is -3.65. The third-order valence-corrected chi connectivity index (χ3v) is 5.91. The number of aromatic nitrogens is 3. The molecule has 148 valence electrons. The Bertz CT molecular complexity index is 1360. The second-order valence-electron chi connectivity index (χ2n) is 7.05. The molecule has 0 spiro atoms. The lowest BCUT2D eigenvalue weighted by atomic mass is 10.1. The van der Waals surface area contributed by atoms with Crippen molar-refractivity contribution in [3.05, 3.63) is 80.6 Å². The van der Waals surface area contributed by atoms with Gasteiger partial charge in [0.05, 0.1) is 23.6 Å². The van der Waals surface area contributed by atoms with E-state index in [9.17, 15) is 4.79 Å². The van der Waals surface area contributed by atoms with Crippen molar-refractivity contribution in [3.63, 3.8) is 0 Å². The van der Waals surface area contributed by atoms with Crippen molar-refractivity contribution in [2.24, 2.45) is 15.2 Å². The van der Waals surface area contributed by atoms with Gasteiger partial charge in [-0.25, -0.2) is 4.98 Å². The van der Waals surface area contributed by atoms with E-state index in [-0.39, 0.29) is 11.2 Å². The molecule has 30 heavy (non-hydrogen) atoms. The second-order valence-corrected chi connectivity index (χ2v) is 8.23. The summed E-state index contributed by atoms with van der Waals surface area (Å²) in [5.41, 5.74) is 5.44. The maximum Gasteiger partial charge on any atom is 0.301 e. The van der Waals surface area contributed by atoms with Gasteiger partial charge < -0.3 is 0 Å². The van der Waals surface area contributed by atoms with Gasteiger partial charge in [-0.15, -0.1) is 5.11 Å². The molecule has 1 N–H and O–H groups in total. The topological polar surface area (TPSA) is 87.8 Å². The monoisotopic (exact) mass is 414 g/mol. The SMILES string of the molecule is Cc1[nH]n(-c2nc(-c3ccccc3)c(C)s2)c(=O)c1N=Nc1ccc2c(c1)C=NC2. The number of nitrogens with one attached hydrogen (secondary N) is 1. The first-order valence-corrected chi connectivity index (χ1v) is 10.3. The fourth-order valence-corrected chi connectivity index (χ4v) is 4.28. The number of fused-ring (bicyclic) bond motifs is 1. The van der Waals surface area contributed by atoms with Gasteiger partial charge in [-0.3, -0.25) is 14.9 Å². The molecule has 0 unspecified atom stereocenters. The molecule has 2 aromatic heterocycles. The highest BCUT2D eigenvalue weighted by Crippen LogP contribution is 2.29. The van der Waals surface area contributed by atoms with Gasteiger partial charge in [-0.2, -0.15) is 9.80 Å². The average Bonchev–Trinajstić information content (AvgIpc) is 3.45. The molecule has 0 atom stereocenters. The Morgan fingerprint density at radius 2 is 1.93 bits per heavy atom. The first-order chi connectivity index (χ1) is 14.6. The maximum absolute atomic E-state index is 13.0. The second kappa shape index (κ2) is 7.31. The van der Waals surface area contributed by atoms with Crippen LogP contribution in [0.4, 0.5) is 11.4 Å². The summed E-state index contributed by atoms with van der Waals surface area (Å²) in [5, 5.41) is 12.1. The molecule has 4 aromatic rings. The molecular formula is C22H18N6OS. The number of azo groups is 1. The highest BCUT2D eigenvalue weighted by Gasteiger charge is 2.17. The minimum atomic E-state index is -0.271. The van der Waals surface area contributed by atoms with Gasteiger partial charge in [-0.1, -0.05) is 47.7 Å². The molecule has 0 radical (unpaired) electrons. The number of aryl methyl sites for hydroxylation is 2. The van der Waals surface area contributed by atoms with Crippen molar-refractivity contribution in [2.45, 2.75) is 20.4 Å². The summed E-state index contributed by atoms with van der Waals surface area (Å²) in [6.45, 7) is 4.51. The number of aromatic amines is 1. The fourth-order valence-electron chi connectivity index (χ4n) is 3.39. The molecular weight excluding hydrogens is 396 g/mol. The van der Waals surface area contributed by atoms with E-state index in [1.54, 1.807) is 6.92 Å². The molecule has 8 heteroatoms. The molecule has 7 nitrogen and oxygen atoms in total. The summed E-state index contributed by atoms with van der Waals surface area (Å²) >= 11 is 1.46. The molecule has 0 aliphatic carbocycles. The normalized spacial score (nSPS) is 12.7. The fraction of sp³-hybridized carbons (Fsp3) is 0.136. The van der Waals surface area contributed by atoms with Crippen molar-refractivity contribution in [3.8, 4) is 16.4 Å². The van der Waals surface area contributed by atoms with Crippen LogP contribution in [-0.2, 0) is 6.54 Å². The van der Waals surface area contributed by atoms with Gasteiger partial charge in [0.2, 0.25) is 5.13 Å². The van der Waals surface area contributed by atoms with Crippen LogP contribution in [0.15, 0.2) is 68.5 Å². The highest BCUT2D eigenvalue weighted by atomic mass is 32.1. The zero-order valence-corrected chi connectivity index (χ0v) is 17.3. The van der Waals surface area contributed by atoms with E-state index in [1.165, 1.54) is 21.6 Å². The third kappa shape index (κ3) is 3.21. The van der Waals surface area contributed by atoms with Crippen LogP contribution in [0.3, 0.4) is 0 Å². The van der Waals surface area contributed by atoms with Crippen LogP contribution in [0.5, 0.6) is 0 Å². The van der Waals surface area contributed by atoms with Gasteiger partial charge in [0.1, 0.15) is 0 Å². The van der Waals surface area contributed by atoms with Gasteiger partial charge in [-0.05, 0) is 37.1 Å². The number of rotatable bonds is 4. The Labute approximate surface area is 176 Å². The Kier molecular flexibility index (Phi) is 4.48. The number of benzene rings is 2. The summed E-state index contributed by atoms with van der Waals surface area (Å²) in [7, 11) is 0. The zero-order valence-electron chi connectivity index (χ0n) is 16.5. The van der Waals surface area contributed by atoms with Gasteiger partial charge in [0, 0.05) is 16.7 Å². The Balaban J connectivity index is 1.49. The lowest BCUT2D eigenvalue weighted by molar-refractivity contribution is 0.827. The molecule has 0 fully saturated rings. The third-order valence-electron chi connectivity index (χ3n) is 4.95. The molecule has 2 aromatic carbocycles. The molecule has 1 aliphatic heterocycles. The largest absolute Gasteiger partial charge is 0.301 e. The molecule has 0 saturated heterocycles. The number of aliphatic imine (C=N–C) groups is 1. The smallest absolute Gasteiger partial charge is 0.291 e. The molecule has 0 bridgehead atoms. The summed E-state index contributed by atoms with van der Waals surface area (Å²) in [6, 6.07) is 15.7. The zero-order chi connectivity index (χ0) is 20.7. The summed E-state index contributed by atoms with van der Waals surface area (Å²) in [6.07, 6.45) is 1.83. The first kappa shape index (κ1) is 18.4. The van der Waals surface area contributed by atoms with Crippen LogP contribution in [0, 0.1) is 13.8 Å². The van der Waals surface area contributed by atoms with Gasteiger partial charge in [0.25, 0.3) is 0 Å². The summed E-state index contributed by atoms with van der Waals surface area (Å²) in [4.78, 5) is 23.0. The van der Waals surface area contributed by atoms with E-state index in [0.717, 1.165) is 21.7 Å². The van der Waals surface area contributed by atoms with E-state index in [0.29, 0.717) is 23.1 Å². The van der Waals surface area contributed by atoms with Crippen LogP contribution < -0.4 is 5.56 Å². The Morgan fingerprint density at radius 3 is 2.77 bits per heavy atom. The van der Waals surface area contributed by atoms with E-state index in [4.69, 9.17) is 0 Å². The van der Waals surface area contributed by atoms with Crippen LogP contribution in [0.25, 0.3) is 16.4 Å². The van der Waals surface area contributed by atoms with Crippen molar-refractivity contribution >= 4 is 28.9 Å². The number of nitrogens with zero attached hydrogens (tertiary/aromatic N) is 5. The van der Waals surface area contributed by atoms with Crippen LogP contribution in [0.2, 0.25) is 0 Å². The van der Waals surface area contributed by atoms with Crippen molar-refractivity contribution in [1.29, 1.82) is 0 Å². The minimum absolute atomic E-state index is 0.271. The van der Waals surface area contributed by atoms with Gasteiger partial charge >= 0.3 is 5.56 Å². The van der Waals surface area contributed by atoms with Crippen molar-refractivity contribution < 1.29 is 0 Å². The summed E-state index contributed by atoms with van der Waals surface area (Å²) < 4.78 is 1.43. The minimum Gasteiger partial charge on any atom is -0.291 e. The molecule has 3 heterocycles. The quantitative estimate of drug-likeness (QED) is 0.462. The first-order valence-electron chi connectivity index (χ1n) is 9.49. The Morgan fingerprint density at radius 1 is 1.10 bits per heavy atom. The van der Waals surface area contributed by atoms with Gasteiger partial charge in [0.15, 0.2) is 5.69 Å². The number of hydrogen-bond acceptors (Lipinski definition) is 6. The number of thiazole rings is 1. The van der Waals surface area contributed by atoms with E-state index in [2.05, 4.69) is 25.3 Å². The van der Waals surface area contributed by atoms with Crippen molar-refractivity contribution in [1.82, 2.24) is 14.8 Å². The van der Waals surface area contributed by atoms with E-state index >= 15 is 0 Å². The molecule has 5 rings (SSSR count). The standard InChI is InChI=1S/C22H18N6OS/c1-13-19(26-25-18-9-8-16-11-23-12-17(16)10-18)21(29)28(27-13)22-24-20(14(2)30-22)15-6-4-3-5-7-15/h3-10,12,27H,11H2,1-2H3. The predicted molar refractivity (Wildman–Crippen MR) is 119 cm³/mol. The lowest BCUT2D eigenvalue weighted by Gasteiger charge is -1.97.